The van der Waals surface area contributed by atoms with E-state index in [1.807, 2.05) is 17.5 Å². The highest BCUT2D eigenvalue weighted by Crippen LogP contribution is 2.26. The summed E-state index contributed by atoms with van der Waals surface area (Å²) in [7, 11) is 0. The van der Waals surface area contributed by atoms with E-state index in [0.29, 0.717) is 16.4 Å². The first-order chi connectivity index (χ1) is 11.8. The molecule has 4 amide bonds. The number of hydrogen-bond acceptors (Lipinski definition) is 4. The molecule has 1 atom stereocenters. The molecule has 0 aliphatic rings. The molecule has 25 heavy (non-hydrogen) atoms. The van der Waals surface area contributed by atoms with E-state index in [2.05, 4.69) is 16.0 Å². The number of halogens is 1. The number of carbonyl (C=O) groups excluding carboxylic acids is 3. The van der Waals surface area contributed by atoms with Crippen molar-refractivity contribution in [2.75, 3.05) is 10.6 Å². The first kappa shape index (κ1) is 18.8. The van der Waals surface area contributed by atoms with Gasteiger partial charge in [0.05, 0.1) is 23.2 Å². The highest BCUT2D eigenvalue weighted by molar-refractivity contribution is 7.10. The maximum absolute atomic E-state index is 12.3. The van der Waals surface area contributed by atoms with Crippen LogP contribution in [0.4, 0.5) is 16.2 Å². The average Bonchev–Trinajstić information content (AvgIpc) is 3.03. The summed E-state index contributed by atoms with van der Waals surface area (Å²) in [4.78, 5) is 35.3. The van der Waals surface area contributed by atoms with Gasteiger partial charge in [0.1, 0.15) is 0 Å². The van der Waals surface area contributed by atoms with Crippen molar-refractivity contribution in [1.82, 2.24) is 5.32 Å². The van der Waals surface area contributed by atoms with E-state index in [4.69, 9.17) is 17.3 Å². The third-order valence-corrected chi connectivity index (χ3v) is 4.45. The topological polar surface area (TPSA) is 113 Å². The molecule has 0 bridgehead atoms. The van der Waals surface area contributed by atoms with Crippen molar-refractivity contribution in [1.29, 1.82) is 0 Å². The van der Waals surface area contributed by atoms with Gasteiger partial charge in [0.2, 0.25) is 11.8 Å². The molecule has 0 saturated heterocycles. The van der Waals surface area contributed by atoms with Crippen molar-refractivity contribution in [3.63, 3.8) is 0 Å². The third kappa shape index (κ3) is 5.77. The molecule has 5 N–H and O–H groups in total. The van der Waals surface area contributed by atoms with Gasteiger partial charge in [0, 0.05) is 17.5 Å². The number of primary amides is 1. The molecule has 2 rings (SSSR count). The largest absolute Gasteiger partial charge is 0.352 e. The number of urea groups is 1. The number of anilines is 2. The zero-order valence-corrected chi connectivity index (χ0v) is 14.9. The number of amides is 4. The second-order valence-corrected chi connectivity index (χ2v) is 6.59. The number of thiophene rings is 1. The fourth-order valence-electron chi connectivity index (χ4n) is 2.17. The highest BCUT2D eigenvalue weighted by atomic mass is 35.5. The Hall–Kier alpha value is -2.58. The lowest BCUT2D eigenvalue weighted by Crippen LogP contribution is -2.34. The van der Waals surface area contributed by atoms with E-state index in [9.17, 15) is 14.4 Å². The van der Waals surface area contributed by atoms with E-state index in [-0.39, 0.29) is 18.2 Å². The smallest absolute Gasteiger partial charge is 0.312 e. The van der Waals surface area contributed by atoms with Crippen molar-refractivity contribution < 1.29 is 14.4 Å². The van der Waals surface area contributed by atoms with Gasteiger partial charge in [-0.2, -0.15) is 0 Å². The van der Waals surface area contributed by atoms with Crippen molar-refractivity contribution in [2.45, 2.75) is 19.4 Å². The summed E-state index contributed by atoms with van der Waals surface area (Å²) in [5, 5.41) is 10.00. The van der Waals surface area contributed by atoms with Crippen LogP contribution in [0.5, 0.6) is 0 Å². The fraction of sp³-hybridized carbons (Fsp3) is 0.188. The number of hydrogen-bond donors (Lipinski definition) is 4. The summed E-state index contributed by atoms with van der Waals surface area (Å²) in [5.41, 5.74) is 6.11. The van der Waals surface area contributed by atoms with Crippen LogP contribution in [0.1, 0.15) is 24.3 Å². The maximum Gasteiger partial charge on any atom is 0.312 e. The van der Waals surface area contributed by atoms with E-state index in [0.717, 1.165) is 4.88 Å². The molecule has 1 heterocycles. The molecule has 2 aromatic rings. The van der Waals surface area contributed by atoms with Gasteiger partial charge in [0.25, 0.3) is 0 Å². The number of benzene rings is 1. The van der Waals surface area contributed by atoms with E-state index in [1.54, 1.807) is 12.1 Å². The molecule has 132 valence electrons. The lowest BCUT2D eigenvalue weighted by molar-refractivity contribution is -0.116. The minimum absolute atomic E-state index is 0.0223. The Bertz CT molecular complexity index is 780. The molecule has 7 nitrogen and oxygen atoms in total. The minimum atomic E-state index is -0.700. The van der Waals surface area contributed by atoms with Crippen LogP contribution < -0.4 is 21.7 Å². The predicted molar refractivity (Wildman–Crippen MR) is 98.8 cm³/mol. The molecule has 9 heteroatoms. The van der Waals surface area contributed by atoms with Gasteiger partial charge in [0.15, 0.2) is 0 Å². The summed E-state index contributed by atoms with van der Waals surface area (Å²) >= 11 is 7.49. The number of carbonyl (C=O) groups is 3. The van der Waals surface area contributed by atoms with Gasteiger partial charge in [-0.3, -0.25) is 9.59 Å². The number of nitrogens with one attached hydrogen (secondary N) is 3. The Labute approximate surface area is 153 Å². The van der Waals surface area contributed by atoms with Gasteiger partial charge in [-0.25, -0.2) is 4.79 Å². The summed E-state index contributed by atoms with van der Waals surface area (Å²) in [5.74, 6) is -0.550. The van der Waals surface area contributed by atoms with Crippen LogP contribution in [0.2, 0.25) is 5.02 Å². The highest BCUT2D eigenvalue weighted by Gasteiger charge is 2.18. The molecule has 0 aliphatic carbocycles. The number of nitrogens with two attached hydrogens (primary N) is 1. The molecule has 0 spiro atoms. The zero-order chi connectivity index (χ0) is 18.4. The monoisotopic (exact) mass is 380 g/mol. The van der Waals surface area contributed by atoms with Gasteiger partial charge in [-0.15, -0.1) is 11.3 Å². The molecule has 0 aliphatic heterocycles. The quantitative estimate of drug-likeness (QED) is 0.617. The van der Waals surface area contributed by atoms with Crippen LogP contribution in [0.25, 0.3) is 0 Å². The molecule has 0 saturated carbocycles. The second kappa shape index (κ2) is 8.50. The molecule has 1 unspecified atom stereocenters. The Morgan fingerprint density at radius 1 is 1.24 bits per heavy atom. The van der Waals surface area contributed by atoms with Crippen LogP contribution in [0.3, 0.4) is 0 Å². The summed E-state index contributed by atoms with van der Waals surface area (Å²) < 4.78 is 0. The van der Waals surface area contributed by atoms with Gasteiger partial charge >= 0.3 is 6.03 Å². The Balaban J connectivity index is 2.04. The Kier molecular flexibility index (Phi) is 6.37. The molecular weight excluding hydrogens is 364 g/mol. The first-order valence-corrected chi connectivity index (χ1v) is 8.57. The standard InChI is InChI=1S/C16H17ClN4O3S/c1-9(22)19-12-5-4-10(7-11(12)17)20-15(23)8-13(21-16(18)24)14-3-2-6-25-14/h2-7,13H,8H2,1H3,(H,19,22)(H,20,23)(H3,18,21,24). The van der Waals surface area contributed by atoms with Crippen LogP contribution in [0.15, 0.2) is 35.7 Å². The molecule has 0 radical (unpaired) electrons. The van der Waals surface area contributed by atoms with Gasteiger partial charge < -0.3 is 21.7 Å². The minimum Gasteiger partial charge on any atom is -0.352 e. The second-order valence-electron chi connectivity index (χ2n) is 5.20. The van der Waals surface area contributed by atoms with Crippen LogP contribution in [-0.2, 0) is 9.59 Å². The summed E-state index contributed by atoms with van der Waals surface area (Å²) in [6.45, 7) is 1.38. The van der Waals surface area contributed by atoms with E-state index >= 15 is 0 Å². The lowest BCUT2D eigenvalue weighted by atomic mass is 10.1. The van der Waals surface area contributed by atoms with Crippen molar-refractivity contribution in [3.8, 4) is 0 Å². The van der Waals surface area contributed by atoms with E-state index < -0.39 is 12.1 Å². The molecular formula is C16H17ClN4O3S. The molecule has 1 aromatic heterocycles. The maximum atomic E-state index is 12.3. The predicted octanol–water partition coefficient (Wildman–Crippen LogP) is 3.10. The van der Waals surface area contributed by atoms with Crippen LogP contribution in [0, 0.1) is 0 Å². The fourth-order valence-corrected chi connectivity index (χ4v) is 3.17. The SMILES string of the molecule is CC(=O)Nc1ccc(NC(=O)CC(NC(N)=O)c2cccs2)cc1Cl. The molecule has 1 aromatic carbocycles. The Morgan fingerprint density at radius 3 is 2.56 bits per heavy atom. The van der Waals surface area contributed by atoms with E-state index in [1.165, 1.54) is 24.3 Å². The van der Waals surface area contributed by atoms with Crippen molar-refractivity contribution in [3.05, 3.63) is 45.6 Å². The van der Waals surface area contributed by atoms with Gasteiger partial charge in [-0.05, 0) is 29.6 Å². The van der Waals surface area contributed by atoms with Crippen molar-refractivity contribution in [2.24, 2.45) is 5.73 Å². The summed E-state index contributed by atoms with van der Waals surface area (Å²) in [6, 6.07) is 7.19. The Morgan fingerprint density at radius 2 is 2.00 bits per heavy atom. The van der Waals surface area contributed by atoms with Gasteiger partial charge in [-0.1, -0.05) is 17.7 Å². The summed E-state index contributed by atoms with van der Waals surface area (Å²) in [6.07, 6.45) is 0.0223. The van der Waals surface area contributed by atoms with Crippen molar-refractivity contribution >= 4 is 52.2 Å². The lowest BCUT2D eigenvalue weighted by Gasteiger charge is -2.16. The normalized spacial score (nSPS) is 11.4. The first-order valence-electron chi connectivity index (χ1n) is 7.31. The number of rotatable bonds is 6. The third-order valence-electron chi connectivity index (χ3n) is 3.16. The van der Waals surface area contributed by atoms with Crippen LogP contribution in [-0.4, -0.2) is 17.8 Å². The zero-order valence-electron chi connectivity index (χ0n) is 13.3. The average molecular weight is 381 g/mol. The molecule has 0 fully saturated rings. The van der Waals surface area contributed by atoms with Crippen LogP contribution >= 0.6 is 22.9 Å².